The van der Waals surface area contributed by atoms with E-state index in [9.17, 15) is 13.6 Å². The molecule has 1 fully saturated rings. The Morgan fingerprint density at radius 2 is 1.94 bits per heavy atom. The summed E-state index contributed by atoms with van der Waals surface area (Å²) in [6.07, 6.45) is 2.13. The molecule has 2 aromatic carbocycles. The van der Waals surface area contributed by atoms with E-state index in [0.717, 1.165) is 27.9 Å². The Bertz CT molecular complexity index is 1220. The van der Waals surface area contributed by atoms with E-state index in [1.54, 1.807) is 18.3 Å². The van der Waals surface area contributed by atoms with Crippen molar-refractivity contribution in [2.45, 2.75) is 31.6 Å². The molecule has 0 saturated carbocycles. The van der Waals surface area contributed by atoms with Crippen molar-refractivity contribution in [3.8, 4) is 11.1 Å². The van der Waals surface area contributed by atoms with E-state index in [1.165, 1.54) is 15.9 Å². The molecule has 6 nitrogen and oxygen atoms in total. The fourth-order valence-electron chi connectivity index (χ4n) is 4.47. The number of hydrazine groups is 1. The second kappa shape index (κ2) is 10.8. The van der Waals surface area contributed by atoms with Gasteiger partial charge in [-0.1, -0.05) is 41.9 Å². The zero-order valence-electron chi connectivity index (χ0n) is 19.1. The van der Waals surface area contributed by atoms with Gasteiger partial charge in [-0.2, -0.15) is 8.78 Å². The molecule has 182 valence electrons. The standard InChI is InChI=1S/C26H26ClF2N5O/c27-21-5-7-24(34(31)16-30)23(14-21)20-4-6-22(32-15-20)13-17-2-1-3-19(12-17)18-8-10-33(11-9-18)26(35)25(28)29/h1-7,12,14-16,18,25,30H,8-11,13,31H2/p+1. The fraction of sp³-hybridized carbons (Fsp3) is 0.269. The number of pyridine rings is 1. The van der Waals surface area contributed by atoms with Gasteiger partial charge in [0, 0.05) is 47.6 Å². The van der Waals surface area contributed by atoms with Gasteiger partial charge in [0.2, 0.25) is 0 Å². The number of carbonyl (C=O) groups is 1. The van der Waals surface area contributed by atoms with Crippen LogP contribution in [-0.4, -0.2) is 46.3 Å². The Balaban J connectivity index is 1.46. The summed E-state index contributed by atoms with van der Waals surface area (Å²) in [5, 5.41) is 0.583. The molecule has 35 heavy (non-hydrogen) atoms. The third-order valence-corrected chi connectivity index (χ3v) is 6.57. The lowest BCUT2D eigenvalue weighted by Crippen LogP contribution is -2.41. The minimum atomic E-state index is -2.94. The molecular formula is C26H27ClF2N5O+. The van der Waals surface area contributed by atoms with E-state index in [-0.39, 0.29) is 5.92 Å². The van der Waals surface area contributed by atoms with Crippen molar-refractivity contribution in [2.75, 3.05) is 13.1 Å². The number of alkyl halides is 2. The Morgan fingerprint density at radius 1 is 1.17 bits per heavy atom. The Hall–Kier alpha value is -3.52. The summed E-state index contributed by atoms with van der Waals surface area (Å²) in [5.74, 6) is 5.13. The maximum Gasteiger partial charge on any atom is 0.315 e. The molecule has 0 atom stereocenters. The molecule has 0 aliphatic carbocycles. The Morgan fingerprint density at radius 3 is 2.60 bits per heavy atom. The van der Waals surface area contributed by atoms with Crippen LogP contribution in [-0.2, 0) is 11.2 Å². The van der Waals surface area contributed by atoms with Crippen molar-refractivity contribution in [3.63, 3.8) is 0 Å². The van der Waals surface area contributed by atoms with Crippen LogP contribution in [0.3, 0.4) is 0 Å². The molecule has 0 bridgehead atoms. The van der Waals surface area contributed by atoms with Crippen molar-refractivity contribution in [3.05, 3.63) is 82.6 Å². The van der Waals surface area contributed by atoms with E-state index in [0.29, 0.717) is 43.1 Å². The lowest BCUT2D eigenvalue weighted by atomic mass is 9.88. The molecule has 1 saturated heterocycles. The van der Waals surface area contributed by atoms with Crippen LogP contribution < -0.4 is 11.6 Å². The van der Waals surface area contributed by atoms with E-state index < -0.39 is 12.3 Å². The van der Waals surface area contributed by atoms with Gasteiger partial charge < -0.3 is 4.90 Å². The zero-order valence-corrected chi connectivity index (χ0v) is 19.8. The van der Waals surface area contributed by atoms with Gasteiger partial charge in [-0.05, 0) is 54.2 Å². The van der Waals surface area contributed by atoms with E-state index in [1.807, 2.05) is 30.3 Å². The third kappa shape index (κ3) is 5.77. The summed E-state index contributed by atoms with van der Waals surface area (Å²) in [5.41, 5.74) is 11.1. The largest absolute Gasteiger partial charge is 0.338 e. The van der Waals surface area contributed by atoms with Crippen molar-refractivity contribution in [2.24, 2.45) is 11.6 Å². The summed E-state index contributed by atoms with van der Waals surface area (Å²) < 4.78 is 26.7. The first kappa shape index (κ1) is 24.6. The third-order valence-electron chi connectivity index (χ3n) is 6.33. The number of rotatable bonds is 6. The molecule has 1 amide bonds. The highest BCUT2D eigenvalue weighted by Crippen LogP contribution is 2.32. The van der Waals surface area contributed by atoms with Crippen LogP contribution in [0.25, 0.3) is 11.1 Å². The topological polar surface area (TPSA) is 88.2 Å². The number of amides is 1. The second-order valence-electron chi connectivity index (χ2n) is 8.58. The molecule has 9 heteroatoms. The molecular weight excluding hydrogens is 472 g/mol. The number of hydrogen-bond donors (Lipinski definition) is 2. The first-order valence-electron chi connectivity index (χ1n) is 11.4. The van der Waals surface area contributed by atoms with Gasteiger partial charge in [0.05, 0.1) is 0 Å². The smallest absolute Gasteiger partial charge is 0.315 e. The second-order valence-corrected chi connectivity index (χ2v) is 9.01. The predicted octanol–water partition coefficient (Wildman–Crippen LogP) is 4.47. The number of halogens is 3. The predicted molar refractivity (Wildman–Crippen MR) is 133 cm³/mol. The number of hydrazone groups is 1. The molecule has 1 aliphatic rings. The van der Waals surface area contributed by atoms with Crippen molar-refractivity contribution < 1.29 is 18.3 Å². The average molecular weight is 499 g/mol. The Kier molecular flexibility index (Phi) is 7.60. The highest BCUT2D eigenvalue weighted by Gasteiger charge is 2.28. The first-order chi connectivity index (χ1) is 16.9. The summed E-state index contributed by atoms with van der Waals surface area (Å²) >= 11 is 6.20. The number of likely N-dealkylation sites (tertiary alicyclic amines) is 1. The van der Waals surface area contributed by atoms with E-state index in [4.69, 9.17) is 23.2 Å². The minimum Gasteiger partial charge on any atom is -0.338 e. The lowest BCUT2D eigenvalue weighted by molar-refractivity contribution is -0.447. The van der Waals surface area contributed by atoms with Gasteiger partial charge in [0.15, 0.2) is 5.69 Å². The molecule has 4 N–H and O–H groups in total. The summed E-state index contributed by atoms with van der Waals surface area (Å²) in [6.45, 7) is 0.712. The van der Waals surface area contributed by atoms with Crippen LogP contribution in [0.2, 0.25) is 5.02 Å². The molecule has 3 aromatic rings. The van der Waals surface area contributed by atoms with Gasteiger partial charge >= 0.3 is 6.43 Å². The molecule has 1 aliphatic heterocycles. The monoisotopic (exact) mass is 498 g/mol. The normalized spacial score (nSPS) is 15.0. The van der Waals surface area contributed by atoms with Crippen molar-refractivity contribution >= 4 is 29.5 Å². The maximum atomic E-state index is 12.7. The highest BCUT2D eigenvalue weighted by molar-refractivity contribution is 6.31. The fourth-order valence-corrected chi connectivity index (χ4v) is 4.64. The summed E-state index contributed by atoms with van der Waals surface area (Å²) in [4.78, 5) is 17.4. The number of hydrogen-bond acceptors (Lipinski definition) is 3. The van der Waals surface area contributed by atoms with Crippen LogP contribution >= 0.6 is 11.6 Å². The van der Waals surface area contributed by atoms with Crippen LogP contribution in [0.15, 0.2) is 60.8 Å². The number of carbonyl (C=O) groups excluding carboxylic acids is 1. The minimum absolute atomic E-state index is 0.242. The number of aromatic nitrogens is 1. The van der Waals surface area contributed by atoms with Crippen LogP contribution in [0.5, 0.6) is 0 Å². The Labute approximate surface area is 207 Å². The van der Waals surface area contributed by atoms with Crippen LogP contribution in [0.4, 0.5) is 14.5 Å². The first-order valence-corrected chi connectivity index (χ1v) is 11.7. The highest BCUT2D eigenvalue weighted by atomic mass is 35.5. The molecule has 2 heterocycles. The molecule has 0 spiro atoms. The zero-order chi connectivity index (χ0) is 24.9. The van der Waals surface area contributed by atoms with Crippen LogP contribution in [0, 0.1) is 0 Å². The van der Waals surface area contributed by atoms with E-state index in [2.05, 4.69) is 17.1 Å². The number of benzene rings is 2. The maximum absolute atomic E-state index is 12.7. The molecule has 0 radical (unpaired) electrons. The summed E-state index contributed by atoms with van der Waals surface area (Å²) in [6, 6.07) is 17.6. The van der Waals surface area contributed by atoms with Gasteiger partial charge in [0.25, 0.3) is 12.2 Å². The van der Waals surface area contributed by atoms with Gasteiger partial charge in [-0.3, -0.25) is 21.4 Å². The average Bonchev–Trinajstić information content (AvgIpc) is 2.88. The van der Waals surface area contributed by atoms with Gasteiger partial charge in [0.1, 0.15) is 0 Å². The van der Waals surface area contributed by atoms with Crippen molar-refractivity contribution in [1.82, 2.24) is 9.88 Å². The number of nitrogens with zero attached hydrogens (tertiary/aromatic N) is 3. The summed E-state index contributed by atoms with van der Waals surface area (Å²) in [7, 11) is 0. The van der Waals surface area contributed by atoms with Gasteiger partial charge in [-0.25, -0.2) is 0 Å². The molecule has 0 unspecified atom stereocenters. The number of piperidine rings is 1. The van der Waals surface area contributed by atoms with Crippen LogP contribution in [0.1, 0.15) is 35.6 Å². The quantitative estimate of drug-likeness (QED) is 0.172. The molecule has 1 aromatic heterocycles. The van der Waals surface area contributed by atoms with Crippen molar-refractivity contribution in [1.29, 1.82) is 0 Å². The SMILES string of the molecule is N/C=[N+](\N)c1ccc(Cl)cc1-c1ccc(Cc2cccc(C3CCN(C(=O)C(F)F)CC3)c2)nc1. The number of nitrogens with two attached hydrogens (primary N) is 2. The van der Waals surface area contributed by atoms with Gasteiger partial charge in [-0.15, -0.1) is 4.68 Å². The molecule has 4 rings (SSSR count). The lowest BCUT2D eigenvalue weighted by Gasteiger charge is -2.32. The van der Waals surface area contributed by atoms with E-state index >= 15 is 0 Å².